The lowest BCUT2D eigenvalue weighted by Crippen LogP contribution is -2.40. The number of fused-ring (bicyclic) bond motifs is 2. The smallest absolute Gasteiger partial charge is 0.251 e. The zero-order valence-corrected chi connectivity index (χ0v) is 17.1. The van der Waals surface area contributed by atoms with Gasteiger partial charge in [-0.05, 0) is 31.0 Å². The first-order valence-corrected chi connectivity index (χ1v) is 10.9. The van der Waals surface area contributed by atoms with Gasteiger partial charge in [-0.25, -0.2) is 9.97 Å². The molecule has 1 aromatic carbocycles. The van der Waals surface area contributed by atoms with Crippen LogP contribution in [-0.4, -0.2) is 32.4 Å². The number of pyridine rings is 1. The molecule has 0 atom stereocenters. The quantitative estimate of drug-likeness (QED) is 0.579. The van der Waals surface area contributed by atoms with Crippen LogP contribution in [0.25, 0.3) is 11.2 Å². The summed E-state index contributed by atoms with van der Waals surface area (Å²) in [5.41, 5.74) is 2.00. The summed E-state index contributed by atoms with van der Waals surface area (Å²) in [5.74, 6) is 1.00. The molecule has 2 N–H and O–H groups in total. The average molecular weight is 431 g/mol. The van der Waals surface area contributed by atoms with E-state index in [1.165, 1.54) is 18.2 Å². The number of benzene rings is 1. The molecule has 1 aliphatic heterocycles. The number of amides is 1. The van der Waals surface area contributed by atoms with Crippen molar-refractivity contribution in [1.82, 2.24) is 15.0 Å². The Hall–Kier alpha value is -2.45. The molecule has 150 valence electrons. The van der Waals surface area contributed by atoms with Crippen LogP contribution in [0.3, 0.4) is 0 Å². The average Bonchev–Trinajstić information content (AvgIpc) is 3.26. The van der Waals surface area contributed by atoms with Crippen molar-refractivity contribution in [3.8, 4) is 11.5 Å². The molecule has 1 fully saturated rings. The lowest BCUT2D eigenvalue weighted by molar-refractivity contribution is -0.113. The van der Waals surface area contributed by atoms with Crippen LogP contribution in [-0.2, 0) is 4.79 Å². The van der Waals surface area contributed by atoms with Gasteiger partial charge in [0.2, 0.25) is 5.91 Å². The van der Waals surface area contributed by atoms with E-state index in [-0.39, 0.29) is 11.7 Å². The van der Waals surface area contributed by atoms with Crippen LogP contribution in [0.5, 0.6) is 11.5 Å². The minimum Gasteiger partial charge on any atom is -0.448 e. The third-order valence-electron chi connectivity index (χ3n) is 5.06. The number of carbonyl (C=O) groups excluding carboxylic acids is 1. The van der Waals surface area contributed by atoms with Gasteiger partial charge < -0.3 is 19.8 Å². The van der Waals surface area contributed by atoms with Crippen molar-refractivity contribution in [3.05, 3.63) is 35.5 Å². The van der Waals surface area contributed by atoms with Crippen LogP contribution in [0.15, 0.2) is 35.6 Å². The van der Waals surface area contributed by atoms with E-state index in [9.17, 15) is 4.79 Å². The molecule has 0 saturated heterocycles. The Balaban J connectivity index is 1.21. The lowest BCUT2D eigenvalue weighted by atomic mass is 9.94. The van der Waals surface area contributed by atoms with Crippen LogP contribution >= 0.6 is 23.4 Å². The van der Waals surface area contributed by atoms with Crippen LogP contribution in [0.4, 0.5) is 5.69 Å². The minimum atomic E-state index is -0.517. The highest BCUT2D eigenvalue weighted by atomic mass is 35.5. The van der Waals surface area contributed by atoms with Crippen LogP contribution in [0, 0.1) is 0 Å². The number of aromatic amines is 1. The first-order valence-electron chi connectivity index (χ1n) is 9.55. The zero-order chi connectivity index (χ0) is 19.8. The van der Waals surface area contributed by atoms with Gasteiger partial charge in [-0.3, -0.25) is 4.79 Å². The minimum absolute atomic E-state index is 0.132. The molecular weight excluding hydrogens is 412 g/mol. The number of H-pyrrole nitrogens is 1. The number of thioether (sulfide) groups is 1. The summed E-state index contributed by atoms with van der Waals surface area (Å²) in [6.45, 7) is 0. The molecular formula is C20H19ClN4O3S. The van der Waals surface area contributed by atoms with Crippen molar-refractivity contribution in [2.45, 2.75) is 43.0 Å². The van der Waals surface area contributed by atoms with Gasteiger partial charge in [-0.1, -0.05) is 29.8 Å². The maximum atomic E-state index is 12.4. The number of ether oxygens (including phenoxy) is 2. The molecule has 7 nitrogen and oxygen atoms in total. The first-order chi connectivity index (χ1) is 14.1. The van der Waals surface area contributed by atoms with Crippen molar-refractivity contribution in [2.75, 3.05) is 11.1 Å². The van der Waals surface area contributed by atoms with Crippen LogP contribution < -0.4 is 14.8 Å². The molecule has 0 bridgehead atoms. The summed E-state index contributed by atoms with van der Waals surface area (Å²) in [6.07, 6.45) is 6.78. The third-order valence-corrected chi connectivity index (χ3v) is 6.14. The highest BCUT2D eigenvalue weighted by Gasteiger charge is 2.42. The Morgan fingerprint density at radius 1 is 1.21 bits per heavy atom. The normalized spacial score (nSPS) is 17.0. The second-order valence-electron chi connectivity index (χ2n) is 7.24. The highest BCUT2D eigenvalue weighted by Crippen LogP contribution is 2.46. The molecule has 0 radical (unpaired) electrons. The Bertz CT molecular complexity index is 1080. The number of rotatable bonds is 4. The Kier molecular flexibility index (Phi) is 4.75. The van der Waals surface area contributed by atoms with Crippen molar-refractivity contribution in [3.63, 3.8) is 0 Å². The van der Waals surface area contributed by atoms with E-state index >= 15 is 0 Å². The second kappa shape index (κ2) is 7.42. The van der Waals surface area contributed by atoms with E-state index in [0.29, 0.717) is 27.3 Å². The van der Waals surface area contributed by atoms with E-state index in [1.54, 1.807) is 12.3 Å². The van der Waals surface area contributed by atoms with Crippen molar-refractivity contribution in [1.29, 1.82) is 0 Å². The van der Waals surface area contributed by atoms with Gasteiger partial charge >= 0.3 is 0 Å². The number of halogens is 1. The van der Waals surface area contributed by atoms with Gasteiger partial charge in [0.15, 0.2) is 22.3 Å². The number of nitrogens with zero attached hydrogens (tertiary/aromatic N) is 2. The van der Waals surface area contributed by atoms with Crippen molar-refractivity contribution < 1.29 is 14.3 Å². The number of nitrogens with one attached hydrogen (secondary N) is 2. The number of aromatic nitrogens is 3. The number of imidazole rings is 1. The molecule has 9 heteroatoms. The first kappa shape index (κ1) is 18.6. The molecule has 2 aromatic heterocycles. The molecule has 1 amide bonds. The maximum Gasteiger partial charge on any atom is 0.251 e. The van der Waals surface area contributed by atoms with Crippen LogP contribution in [0.2, 0.25) is 5.02 Å². The van der Waals surface area contributed by atoms with Crippen molar-refractivity contribution >= 4 is 46.1 Å². The second-order valence-corrected chi connectivity index (χ2v) is 8.64. The predicted molar refractivity (Wildman–Crippen MR) is 112 cm³/mol. The topological polar surface area (TPSA) is 89.1 Å². The van der Waals surface area contributed by atoms with Gasteiger partial charge in [-0.2, -0.15) is 0 Å². The largest absolute Gasteiger partial charge is 0.448 e. The van der Waals surface area contributed by atoms with E-state index in [2.05, 4.69) is 20.3 Å². The number of carbonyl (C=O) groups is 1. The van der Waals surface area contributed by atoms with E-state index in [0.717, 1.165) is 36.9 Å². The summed E-state index contributed by atoms with van der Waals surface area (Å²) in [5, 5.41) is 4.06. The van der Waals surface area contributed by atoms with Gasteiger partial charge in [-0.15, -0.1) is 0 Å². The van der Waals surface area contributed by atoms with Gasteiger partial charge in [0.05, 0.1) is 16.3 Å². The van der Waals surface area contributed by atoms with Crippen LogP contribution in [0.1, 0.15) is 32.1 Å². The van der Waals surface area contributed by atoms with Gasteiger partial charge in [0.1, 0.15) is 0 Å². The number of hydrogen-bond donors (Lipinski definition) is 2. The third kappa shape index (κ3) is 3.86. The lowest BCUT2D eigenvalue weighted by Gasteiger charge is -2.31. The molecule has 5 rings (SSSR count). The Labute approximate surface area is 176 Å². The van der Waals surface area contributed by atoms with Gasteiger partial charge in [0.25, 0.3) is 5.79 Å². The fourth-order valence-electron chi connectivity index (χ4n) is 3.72. The molecule has 29 heavy (non-hydrogen) atoms. The SMILES string of the molecule is O=C(CSc1nc2ncc(Cl)cc2[nH]1)Nc1ccc2c(c1)OC1(CCCCC1)O2. The highest BCUT2D eigenvalue weighted by molar-refractivity contribution is 7.99. The fourth-order valence-corrected chi connectivity index (χ4v) is 4.55. The summed E-state index contributed by atoms with van der Waals surface area (Å²) in [4.78, 5) is 24.0. The Morgan fingerprint density at radius 2 is 2.03 bits per heavy atom. The molecule has 1 aliphatic carbocycles. The van der Waals surface area contributed by atoms with Gasteiger partial charge in [0, 0.05) is 30.8 Å². The number of hydrogen-bond acceptors (Lipinski definition) is 6. The van der Waals surface area contributed by atoms with E-state index in [4.69, 9.17) is 21.1 Å². The molecule has 1 saturated carbocycles. The summed E-state index contributed by atoms with van der Waals surface area (Å²) >= 11 is 7.24. The molecule has 1 spiro atoms. The van der Waals surface area contributed by atoms with E-state index < -0.39 is 5.79 Å². The van der Waals surface area contributed by atoms with Crippen molar-refractivity contribution in [2.24, 2.45) is 0 Å². The standard InChI is InChI=1S/C20H19ClN4O3S/c21-12-8-14-18(22-10-12)25-19(24-14)29-11-17(26)23-13-4-5-15-16(9-13)28-20(27-15)6-2-1-3-7-20/h4-5,8-10H,1-3,6-7,11H2,(H,23,26)(H,22,24,25). The molecule has 3 heterocycles. The summed E-state index contributed by atoms with van der Waals surface area (Å²) < 4.78 is 12.2. The fraction of sp³-hybridized carbons (Fsp3) is 0.350. The predicted octanol–water partition coefficient (Wildman–Crippen LogP) is 4.77. The maximum absolute atomic E-state index is 12.4. The molecule has 2 aliphatic rings. The molecule has 3 aromatic rings. The number of anilines is 1. The summed E-state index contributed by atoms with van der Waals surface area (Å²) in [7, 11) is 0. The Morgan fingerprint density at radius 3 is 2.90 bits per heavy atom. The monoisotopic (exact) mass is 430 g/mol. The summed E-state index contributed by atoms with van der Waals surface area (Å²) in [6, 6.07) is 7.27. The zero-order valence-electron chi connectivity index (χ0n) is 15.5. The van der Waals surface area contributed by atoms with E-state index in [1.807, 2.05) is 18.2 Å². The molecule has 0 unspecified atom stereocenters.